The van der Waals surface area contributed by atoms with Crippen LogP contribution < -0.4 is 5.46 Å². The third-order valence-corrected chi connectivity index (χ3v) is 20.7. The van der Waals surface area contributed by atoms with Crippen LogP contribution >= 0.6 is 77.1 Å². The van der Waals surface area contributed by atoms with Crippen molar-refractivity contribution in [1.82, 2.24) is 0 Å². The Morgan fingerprint density at radius 3 is 0.957 bits per heavy atom. The Morgan fingerprint density at radius 1 is 0.250 bits per heavy atom. The van der Waals surface area contributed by atoms with Gasteiger partial charge in [0.2, 0.25) is 0 Å². The molecule has 0 amide bonds. The van der Waals surface area contributed by atoms with Crippen LogP contribution in [0.4, 0.5) is 0 Å². The minimum absolute atomic E-state index is 0.534. The van der Waals surface area contributed by atoms with Crippen molar-refractivity contribution in [2.45, 2.75) is 0 Å². The molecule has 440 valence electrons. The SMILES string of the molecule is Brc1cccc(-c2cc(-c3cccc(-c4ccccc4)c3)cc3c2sc2ccc(-c4cccc(-c5ccccc5)c4)cc23)c1.Brc1cccc(I)c1.OB(O)c1cc(-c2cccc(-c3ccccc3)c2)cc2c1sc1ccc(-c3cccc(-c4ccccc4)c3)cc12. The smallest absolute Gasteiger partial charge is 0.423 e. The lowest BCUT2D eigenvalue weighted by molar-refractivity contribution is 0.426. The molecule has 0 radical (unpaired) electrons. The van der Waals surface area contributed by atoms with E-state index in [0.717, 1.165) is 62.5 Å². The van der Waals surface area contributed by atoms with Gasteiger partial charge in [-0.15, -0.1) is 22.7 Å². The minimum Gasteiger partial charge on any atom is -0.423 e. The number of rotatable bonds is 10. The quantitative estimate of drug-likeness (QED) is 0.106. The highest BCUT2D eigenvalue weighted by Crippen LogP contribution is 2.46. The molecule has 92 heavy (non-hydrogen) atoms. The number of hydrogen-bond donors (Lipinski definition) is 2. The van der Waals surface area contributed by atoms with Gasteiger partial charge in [-0.3, -0.25) is 0 Å². The Balaban J connectivity index is 0.000000143. The predicted molar refractivity (Wildman–Crippen MR) is 412 cm³/mol. The van der Waals surface area contributed by atoms with E-state index in [9.17, 15) is 10.0 Å². The summed E-state index contributed by atoms with van der Waals surface area (Å²) in [5.41, 5.74) is 21.8. The maximum Gasteiger partial charge on any atom is 0.489 e. The van der Waals surface area contributed by atoms with Gasteiger partial charge in [0.15, 0.2) is 0 Å². The normalized spacial score (nSPS) is 11.1. The van der Waals surface area contributed by atoms with E-state index in [-0.39, 0.29) is 0 Å². The summed E-state index contributed by atoms with van der Waals surface area (Å²) in [6.07, 6.45) is 0. The second kappa shape index (κ2) is 27.6. The van der Waals surface area contributed by atoms with Crippen LogP contribution in [-0.4, -0.2) is 17.2 Å². The van der Waals surface area contributed by atoms with E-state index in [1.165, 1.54) is 90.5 Å². The minimum atomic E-state index is -1.56. The Hall–Kier alpha value is -8.81. The lowest BCUT2D eigenvalue weighted by Crippen LogP contribution is -2.30. The van der Waals surface area contributed by atoms with Gasteiger partial charge in [-0.2, -0.15) is 0 Å². The van der Waals surface area contributed by atoms with E-state index in [1.807, 2.05) is 53.8 Å². The van der Waals surface area contributed by atoms with Crippen molar-refractivity contribution in [1.29, 1.82) is 0 Å². The van der Waals surface area contributed by atoms with E-state index >= 15 is 0 Å². The fourth-order valence-electron chi connectivity index (χ4n) is 12.0. The zero-order chi connectivity index (χ0) is 62.5. The molecule has 8 heteroatoms. The second-order valence-corrected chi connectivity index (χ2v) is 27.8. The van der Waals surface area contributed by atoms with Crippen molar-refractivity contribution >= 4 is 130 Å². The molecule has 0 bridgehead atoms. The van der Waals surface area contributed by atoms with Crippen molar-refractivity contribution in [3.05, 3.63) is 340 Å². The molecule has 2 nitrogen and oxygen atoms in total. The molecule has 0 saturated carbocycles. The fraction of sp³-hybridized carbons (Fsp3) is 0. The maximum absolute atomic E-state index is 10.4. The molecule has 2 N–H and O–H groups in total. The molecule has 0 aliphatic heterocycles. The number of fused-ring (bicyclic) bond motifs is 6. The molecule has 0 saturated heterocycles. The van der Waals surface area contributed by atoms with Gasteiger partial charge in [0, 0.05) is 63.9 Å². The number of halogens is 3. The van der Waals surface area contributed by atoms with Gasteiger partial charge in [0.25, 0.3) is 0 Å². The summed E-state index contributed by atoms with van der Waals surface area (Å²) in [5, 5.41) is 25.5. The van der Waals surface area contributed by atoms with Crippen LogP contribution in [0.5, 0.6) is 0 Å². The molecule has 0 aliphatic carbocycles. The van der Waals surface area contributed by atoms with Gasteiger partial charge in [0.05, 0.1) is 0 Å². The van der Waals surface area contributed by atoms with Crippen molar-refractivity contribution in [3.63, 3.8) is 0 Å². The van der Waals surface area contributed by atoms with E-state index < -0.39 is 7.12 Å². The molecule has 2 aromatic heterocycles. The Kier molecular flexibility index (Phi) is 18.2. The van der Waals surface area contributed by atoms with Crippen molar-refractivity contribution in [2.75, 3.05) is 0 Å². The first-order chi connectivity index (χ1) is 45.1. The van der Waals surface area contributed by atoms with Crippen molar-refractivity contribution in [3.8, 4) is 100 Å². The van der Waals surface area contributed by atoms with Gasteiger partial charge in [-0.1, -0.05) is 262 Å². The summed E-state index contributed by atoms with van der Waals surface area (Å²) < 4.78 is 8.13. The first kappa shape index (κ1) is 60.7. The van der Waals surface area contributed by atoms with Crippen LogP contribution in [-0.2, 0) is 0 Å². The largest absolute Gasteiger partial charge is 0.489 e. The molecule has 16 aromatic rings. The van der Waals surface area contributed by atoms with Gasteiger partial charge in [-0.05, 0) is 214 Å². The summed E-state index contributed by atoms with van der Waals surface area (Å²) in [5.74, 6) is 0. The van der Waals surface area contributed by atoms with Gasteiger partial charge < -0.3 is 10.0 Å². The maximum atomic E-state index is 10.4. The molecule has 0 unspecified atom stereocenters. The van der Waals surface area contributed by atoms with E-state index in [1.54, 1.807) is 11.3 Å². The fourth-order valence-corrected chi connectivity index (χ4v) is 16.2. The van der Waals surface area contributed by atoms with Gasteiger partial charge in [0.1, 0.15) is 0 Å². The van der Waals surface area contributed by atoms with Crippen LogP contribution in [0.2, 0.25) is 0 Å². The number of benzene rings is 14. The molecule has 0 aliphatic rings. The zero-order valence-corrected chi connectivity index (χ0v) is 56.6. The standard InChI is InChI=1S/C42H27BrS.C36H25BO2S.C6H4BrI/c43-37-19-9-18-35(24-37)38-26-36(33-17-8-15-31(23-33)29-12-5-2-6-13-29)27-40-39-25-34(20-21-41(39)44-42(38)40)32-16-7-14-30(22-32)28-10-3-1-4-11-28;38-37(39)34-23-31(29-16-8-14-27(20-29)25-11-5-2-6-12-25)22-33-32-21-30(17-18-35(32)40-36(33)34)28-15-7-13-26(19-28)24-9-3-1-4-10-24;7-5-2-1-3-6(8)4-5/h1-27H;1-23,38-39H;1-4H. The lowest BCUT2D eigenvalue weighted by Gasteiger charge is -2.11. The third-order valence-electron chi connectivity index (χ3n) is 16.6. The summed E-state index contributed by atoms with van der Waals surface area (Å²) >= 11 is 12.8. The Morgan fingerprint density at radius 2 is 0.565 bits per heavy atom. The zero-order valence-electron chi connectivity index (χ0n) is 49.6. The molecule has 0 atom stereocenters. The summed E-state index contributed by atoms with van der Waals surface area (Å²) in [6.45, 7) is 0. The Labute approximate surface area is 575 Å². The molecule has 0 fully saturated rings. The van der Waals surface area contributed by atoms with Crippen LogP contribution in [0.1, 0.15) is 0 Å². The highest BCUT2D eigenvalue weighted by Gasteiger charge is 2.21. The van der Waals surface area contributed by atoms with Crippen LogP contribution in [0, 0.1) is 3.57 Å². The number of hydrogen-bond acceptors (Lipinski definition) is 4. The highest BCUT2D eigenvalue weighted by molar-refractivity contribution is 14.1. The van der Waals surface area contributed by atoms with Gasteiger partial charge in [-0.25, -0.2) is 0 Å². The summed E-state index contributed by atoms with van der Waals surface area (Å²) in [6, 6.07) is 116. The van der Waals surface area contributed by atoms with E-state index in [2.05, 4.69) is 340 Å². The summed E-state index contributed by atoms with van der Waals surface area (Å²) in [7, 11) is -1.56. The topological polar surface area (TPSA) is 40.5 Å². The summed E-state index contributed by atoms with van der Waals surface area (Å²) in [4.78, 5) is 0. The van der Waals surface area contributed by atoms with E-state index in [4.69, 9.17) is 0 Å². The van der Waals surface area contributed by atoms with Crippen LogP contribution in [0.15, 0.2) is 337 Å². The predicted octanol–water partition coefficient (Wildman–Crippen LogP) is 24.6. The molecular weight excluding hydrogens is 1400 g/mol. The first-order valence-electron chi connectivity index (χ1n) is 30.3. The van der Waals surface area contributed by atoms with E-state index in [0.29, 0.717) is 5.46 Å². The Bertz CT molecular complexity index is 5290. The third kappa shape index (κ3) is 13.4. The molecule has 16 rings (SSSR count). The van der Waals surface area contributed by atoms with Crippen LogP contribution in [0.25, 0.3) is 140 Å². The van der Waals surface area contributed by atoms with Crippen LogP contribution in [0.3, 0.4) is 0 Å². The monoisotopic (exact) mass is 1460 g/mol. The van der Waals surface area contributed by atoms with Crippen molar-refractivity contribution in [2.24, 2.45) is 0 Å². The molecule has 0 spiro atoms. The average Bonchev–Trinajstić information content (AvgIpc) is 1.61. The molecular formula is C84H56BBr2IO2S2. The van der Waals surface area contributed by atoms with Crippen molar-refractivity contribution < 1.29 is 10.0 Å². The molecule has 14 aromatic carbocycles. The lowest BCUT2D eigenvalue weighted by atomic mass is 9.78. The second-order valence-electron chi connectivity index (χ2n) is 22.6. The first-order valence-corrected chi connectivity index (χ1v) is 34.6. The average molecular weight is 1460 g/mol. The number of thiophene rings is 2. The molecule has 2 heterocycles. The van der Waals surface area contributed by atoms with Gasteiger partial charge >= 0.3 is 7.12 Å². The highest BCUT2D eigenvalue weighted by atomic mass is 127.